The standard InChI is InChI=1S/C13H14ClN3O2S/c1-2-3-8-19-13(18)15-12-17-16-11(20-12)9-6-4-5-7-10(9)14/h4-7H,2-3,8H2,1H3,(H,15,17,18). The Morgan fingerprint density at radius 2 is 2.20 bits per heavy atom. The Morgan fingerprint density at radius 3 is 2.95 bits per heavy atom. The Hall–Kier alpha value is -1.66. The summed E-state index contributed by atoms with van der Waals surface area (Å²) in [4.78, 5) is 11.5. The Labute approximate surface area is 125 Å². The van der Waals surface area contributed by atoms with Crippen molar-refractivity contribution in [3.8, 4) is 10.6 Å². The van der Waals surface area contributed by atoms with Gasteiger partial charge in [-0.15, -0.1) is 10.2 Å². The van der Waals surface area contributed by atoms with Crippen LogP contribution in [0.4, 0.5) is 9.93 Å². The van der Waals surface area contributed by atoms with Gasteiger partial charge in [-0.05, 0) is 12.5 Å². The Bertz CT molecular complexity index is 589. The molecule has 2 aromatic rings. The van der Waals surface area contributed by atoms with Crippen molar-refractivity contribution in [3.05, 3.63) is 29.3 Å². The summed E-state index contributed by atoms with van der Waals surface area (Å²) in [6.07, 6.45) is 1.30. The quantitative estimate of drug-likeness (QED) is 0.840. The molecule has 20 heavy (non-hydrogen) atoms. The molecule has 0 saturated carbocycles. The summed E-state index contributed by atoms with van der Waals surface area (Å²) in [6, 6.07) is 7.35. The number of amides is 1. The van der Waals surface area contributed by atoms with Crippen molar-refractivity contribution in [2.75, 3.05) is 11.9 Å². The lowest BCUT2D eigenvalue weighted by molar-refractivity contribution is 0.160. The third-order valence-corrected chi connectivity index (χ3v) is 3.67. The molecule has 1 amide bonds. The number of unbranched alkanes of at least 4 members (excludes halogenated alkanes) is 1. The molecule has 1 N–H and O–H groups in total. The molecule has 1 heterocycles. The van der Waals surface area contributed by atoms with E-state index >= 15 is 0 Å². The van der Waals surface area contributed by atoms with Crippen LogP contribution in [0.5, 0.6) is 0 Å². The zero-order valence-corrected chi connectivity index (χ0v) is 12.5. The van der Waals surface area contributed by atoms with E-state index in [-0.39, 0.29) is 0 Å². The van der Waals surface area contributed by atoms with Gasteiger partial charge < -0.3 is 4.74 Å². The van der Waals surface area contributed by atoms with Gasteiger partial charge in [0.05, 0.1) is 11.6 Å². The number of ether oxygens (including phenoxy) is 1. The van der Waals surface area contributed by atoms with E-state index in [0.29, 0.717) is 21.8 Å². The number of rotatable bonds is 5. The molecular weight excluding hydrogens is 298 g/mol. The molecule has 1 aromatic carbocycles. The summed E-state index contributed by atoms with van der Waals surface area (Å²) >= 11 is 7.33. The molecule has 106 valence electrons. The fraction of sp³-hybridized carbons (Fsp3) is 0.308. The maximum absolute atomic E-state index is 11.5. The number of benzene rings is 1. The van der Waals surface area contributed by atoms with E-state index in [1.54, 1.807) is 6.07 Å². The lowest BCUT2D eigenvalue weighted by Gasteiger charge is -2.02. The highest BCUT2D eigenvalue weighted by Gasteiger charge is 2.12. The van der Waals surface area contributed by atoms with Crippen LogP contribution in [-0.2, 0) is 4.74 Å². The number of anilines is 1. The summed E-state index contributed by atoms with van der Waals surface area (Å²) in [7, 11) is 0. The average molecular weight is 312 g/mol. The first kappa shape index (κ1) is 14.7. The second-order valence-electron chi connectivity index (χ2n) is 4.01. The first-order valence-electron chi connectivity index (χ1n) is 6.23. The van der Waals surface area contributed by atoms with Crippen molar-refractivity contribution in [2.45, 2.75) is 19.8 Å². The number of hydrogen-bond donors (Lipinski definition) is 1. The zero-order chi connectivity index (χ0) is 14.4. The molecule has 0 bridgehead atoms. The minimum absolute atomic E-state index is 0.390. The average Bonchev–Trinajstić information content (AvgIpc) is 2.88. The van der Waals surface area contributed by atoms with Crippen LogP contribution in [0.2, 0.25) is 5.02 Å². The number of carbonyl (C=O) groups is 1. The maximum atomic E-state index is 11.5. The summed E-state index contributed by atoms with van der Waals surface area (Å²) in [6.45, 7) is 2.43. The highest BCUT2D eigenvalue weighted by molar-refractivity contribution is 7.18. The largest absolute Gasteiger partial charge is 0.449 e. The van der Waals surface area contributed by atoms with Crippen LogP contribution < -0.4 is 5.32 Å². The fourth-order valence-corrected chi connectivity index (χ4v) is 2.50. The van der Waals surface area contributed by atoms with E-state index < -0.39 is 6.09 Å². The van der Waals surface area contributed by atoms with Crippen molar-refractivity contribution in [1.29, 1.82) is 0 Å². The summed E-state index contributed by atoms with van der Waals surface area (Å²) in [5.41, 5.74) is 0.791. The van der Waals surface area contributed by atoms with Crippen LogP contribution in [0.1, 0.15) is 19.8 Å². The molecular formula is C13H14ClN3O2S. The molecule has 0 atom stereocenters. The molecule has 0 radical (unpaired) electrons. The molecule has 5 nitrogen and oxygen atoms in total. The highest BCUT2D eigenvalue weighted by atomic mass is 35.5. The predicted octanol–water partition coefficient (Wildman–Crippen LogP) is 4.21. The van der Waals surface area contributed by atoms with Gasteiger partial charge in [0.15, 0.2) is 5.01 Å². The van der Waals surface area contributed by atoms with E-state index in [4.69, 9.17) is 16.3 Å². The summed E-state index contributed by atoms with van der Waals surface area (Å²) in [5.74, 6) is 0. The van der Waals surface area contributed by atoms with E-state index in [1.807, 2.05) is 25.1 Å². The zero-order valence-electron chi connectivity index (χ0n) is 10.9. The van der Waals surface area contributed by atoms with Crippen molar-refractivity contribution in [3.63, 3.8) is 0 Å². The fourth-order valence-electron chi connectivity index (χ4n) is 1.45. The van der Waals surface area contributed by atoms with Gasteiger partial charge in [0.25, 0.3) is 0 Å². The van der Waals surface area contributed by atoms with Gasteiger partial charge in [0.1, 0.15) is 0 Å². The predicted molar refractivity (Wildman–Crippen MR) is 80.2 cm³/mol. The van der Waals surface area contributed by atoms with E-state index in [0.717, 1.165) is 18.4 Å². The summed E-state index contributed by atoms with van der Waals surface area (Å²) in [5, 5.41) is 12.1. The number of carbonyl (C=O) groups excluding carboxylic acids is 1. The number of nitrogens with one attached hydrogen (secondary N) is 1. The third kappa shape index (κ3) is 3.91. The van der Waals surface area contributed by atoms with Crippen molar-refractivity contribution >= 4 is 34.2 Å². The number of nitrogens with zero attached hydrogens (tertiary/aromatic N) is 2. The van der Waals surface area contributed by atoms with E-state index in [9.17, 15) is 4.79 Å². The number of aromatic nitrogens is 2. The molecule has 0 saturated heterocycles. The first-order chi connectivity index (χ1) is 9.70. The molecule has 7 heteroatoms. The molecule has 0 aliphatic heterocycles. The van der Waals surface area contributed by atoms with E-state index in [1.165, 1.54) is 11.3 Å². The second-order valence-corrected chi connectivity index (χ2v) is 5.39. The normalized spacial score (nSPS) is 10.3. The molecule has 0 fully saturated rings. The van der Waals surface area contributed by atoms with Gasteiger partial charge in [-0.3, -0.25) is 5.32 Å². The number of halogens is 1. The minimum Gasteiger partial charge on any atom is -0.449 e. The van der Waals surface area contributed by atoms with Gasteiger partial charge in [-0.2, -0.15) is 0 Å². The van der Waals surface area contributed by atoms with Gasteiger partial charge in [-0.1, -0.05) is 54.5 Å². The lowest BCUT2D eigenvalue weighted by atomic mass is 10.2. The molecule has 0 aliphatic rings. The van der Waals surface area contributed by atoms with Crippen LogP contribution in [0, 0.1) is 0 Å². The summed E-state index contributed by atoms with van der Waals surface area (Å²) < 4.78 is 4.99. The van der Waals surface area contributed by atoms with Gasteiger partial charge in [0, 0.05) is 5.56 Å². The lowest BCUT2D eigenvalue weighted by Crippen LogP contribution is -2.14. The van der Waals surface area contributed by atoms with Crippen molar-refractivity contribution in [2.24, 2.45) is 0 Å². The molecule has 0 aliphatic carbocycles. The van der Waals surface area contributed by atoms with Gasteiger partial charge >= 0.3 is 6.09 Å². The molecule has 0 spiro atoms. The Balaban J connectivity index is 1.99. The number of hydrogen-bond acceptors (Lipinski definition) is 5. The van der Waals surface area contributed by atoms with Crippen molar-refractivity contribution in [1.82, 2.24) is 10.2 Å². The van der Waals surface area contributed by atoms with Gasteiger partial charge in [-0.25, -0.2) is 4.79 Å². The third-order valence-electron chi connectivity index (χ3n) is 2.47. The molecule has 2 rings (SSSR count). The first-order valence-corrected chi connectivity index (χ1v) is 7.42. The SMILES string of the molecule is CCCCOC(=O)Nc1nnc(-c2ccccc2Cl)s1. The van der Waals surface area contributed by atoms with Crippen LogP contribution in [-0.4, -0.2) is 22.9 Å². The Kier molecular flexibility index (Phi) is 5.31. The van der Waals surface area contributed by atoms with Crippen LogP contribution in [0.3, 0.4) is 0 Å². The van der Waals surface area contributed by atoms with Crippen LogP contribution in [0.15, 0.2) is 24.3 Å². The van der Waals surface area contributed by atoms with Crippen LogP contribution >= 0.6 is 22.9 Å². The van der Waals surface area contributed by atoms with E-state index in [2.05, 4.69) is 15.5 Å². The van der Waals surface area contributed by atoms with Crippen LogP contribution in [0.25, 0.3) is 10.6 Å². The smallest absolute Gasteiger partial charge is 0.413 e. The van der Waals surface area contributed by atoms with Crippen molar-refractivity contribution < 1.29 is 9.53 Å². The minimum atomic E-state index is -0.514. The molecule has 0 unspecified atom stereocenters. The monoisotopic (exact) mass is 311 g/mol. The topological polar surface area (TPSA) is 64.1 Å². The maximum Gasteiger partial charge on any atom is 0.413 e. The Morgan fingerprint density at radius 1 is 1.40 bits per heavy atom. The highest BCUT2D eigenvalue weighted by Crippen LogP contribution is 2.31. The van der Waals surface area contributed by atoms with Gasteiger partial charge in [0.2, 0.25) is 5.13 Å². The molecule has 1 aromatic heterocycles. The second kappa shape index (κ2) is 7.21.